The fraction of sp³-hybridized carbons (Fsp3) is 0.625. The summed E-state index contributed by atoms with van der Waals surface area (Å²) in [7, 11) is 0. The SMILES string of the molecule is CCC1CCCCN1Cc1cc(C(F)(F)F)cc(C(F)(F)F)c1. The molecule has 0 aromatic heterocycles. The van der Waals surface area contributed by atoms with Gasteiger partial charge in [0.2, 0.25) is 0 Å². The molecule has 2 rings (SSSR count). The van der Waals surface area contributed by atoms with Crippen LogP contribution in [-0.2, 0) is 18.9 Å². The van der Waals surface area contributed by atoms with E-state index in [1.165, 1.54) is 0 Å². The molecule has 1 atom stereocenters. The minimum atomic E-state index is -4.79. The Labute approximate surface area is 131 Å². The number of benzene rings is 1. The molecule has 130 valence electrons. The van der Waals surface area contributed by atoms with E-state index >= 15 is 0 Å². The maximum absolute atomic E-state index is 12.9. The van der Waals surface area contributed by atoms with Crippen molar-refractivity contribution in [3.63, 3.8) is 0 Å². The number of piperidine rings is 1. The molecule has 7 heteroatoms. The highest BCUT2D eigenvalue weighted by Crippen LogP contribution is 2.37. The third-order valence-corrected chi connectivity index (χ3v) is 4.25. The van der Waals surface area contributed by atoms with Gasteiger partial charge in [-0.05, 0) is 49.6 Å². The van der Waals surface area contributed by atoms with Gasteiger partial charge >= 0.3 is 12.4 Å². The smallest absolute Gasteiger partial charge is 0.296 e. The zero-order chi connectivity index (χ0) is 17.3. The number of hydrogen-bond donors (Lipinski definition) is 0. The Morgan fingerprint density at radius 1 is 0.957 bits per heavy atom. The Morgan fingerprint density at radius 2 is 1.52 bits per heavy atom. The third-order valence-electron chi connectivity index (χ3n) is 4.25. The molecule has 0 N–H and O–H groups in total. The molecule has 1 fully saturated rings. The van der Waals surface area contributed by atoms with E-state index in [0.29, 0.717) is 6.54 Å². The Kier molecular flexibility index (Phi) is 5.28. The molecule has 1 aliphatic rings. The predicted molar refractivity (Wildman–Crippen MR) is 74.8 cm³/mol. The fourth-order valence-electron chi connectivity index (χ4n) is 3.08. The minimum Gasteiger partial charge on any atom is -0.296 e. The highest BCUT2D eigenvalue weighted by Gasteiger charge is 2.37. The van der Waals surface area contributed by atoms with E-state index in [1.54, 1.807) is 0 Å². The second-order valence-corrected chi connectivity index (χ2v) is 5.94. The molecule has 1 saturated heterocycles. The van der Waals surface area contributed by atoms with Gasteiger partial charge < -0.3 is 0 Å². The molecule has 1 aromatic rings. The maximum atomic E-state index is 12.9. The number of hydrogen-bond acceptors (Lipinski definition) is 1. The molecular formula is C16H19F6N. The highest BCUT2D eigenvalue weighted by atomic mass is 19.4. The van der Waals surface area contributed by atoms with Crippen molar-refractivity contribution in [3.8, 4) is 0 Å². The summed E-state index contributed by atoms with van der Waals surface area (Å²) in [6.07, 6.45) is -5.84. The zero-order valence-electron chi connectivity index (χ0n) is 12.8. The molecule has 0 spiro atoms. The summed E-state index contributed by atoms with van der Waals surface area (Å²) in [5, 5.41) is 0. The summed E-state index contributed by atoms with van der Waals surface area (Å²) in [6.45, 7) is 2.80. The summed E-state index contributed by atoms with van der Waals surface area (Å²) in [5.74, 6) is 0. The van der Waals surface area contributed by atoms with E-state index in [0.717, 1.165) is 37.8 Å². The summed E-state index contributed by atoms with van der Waals surface area (Å²) >= 11 is 0. The lowest BCUT2D eigenvalue weighted by Gasteiger charge is -2.35. The van der Waals surface area contributed by atoms with Crippen LogP contribution in [0.2, 0.25) is 0 Å². The van der Waals surface area contributed by atoms with Gasteiger partial charge in [-0.25, -0.2) is 0 Å². The largest absolute Gasteiger partial charge is 0.416 e. The molecular weight excluding hydrogens is 320 g/mol. The van der Waals surface area contributed by atoms with Crippen LogP contribution in [0, 0.1) is 0 Å². The number of rotatable bonds is 3. The van der Waals surface area contributed by atoms with Gasteiger partial charge in [0, 0.05) is 12.6 Å². The summed E-state index contributed by atoms with van der Waals surface area (Å²) in [5.41, 5.74) is -2.42. The van der Waals surface area contributed by atoms with Crippen molar-refractivity contribution < 1.29 is 26.3 Å². The second-order valence-electron chi connectivity index (χ2n) is 5.94. The molecule has 1 nitrogen and oxygen atoms in total. The summed E-state index contributed by atoms with van der Waals surface area (Å²) in [4.78, 5) is 1.99. The van der Waals surface area contributed by atoms with Crippen molar-refractivity contribution in [3.05, 3.63) is 34.9 Å². The van der Waals surface area contributed by atoms with E-state index < -0.39 is 23.5 Å². The van der Waals surface area contributed by atoms with E-state index in [1.807, 2.05) is 11.8 Å². The van der Waals surface area contributed by atoms with Crippen LogP contribution in [0.15, 0.2) is 18.2 Å². The first kappa shape index (κ1) is 18.1. The molecule has 0 amide bonds. The first-order chi connectivity index (χ1) is 10.6. The Balaban J connectivity index is 2.33. The predicted octanol–water partition coefficient (Wildman–Crippen LogP) is 5.49. The van der Waals surface area contributed by atoms with Crippen LogP contribution in [0.5, 0.6) is 0 Å². The molecule has 23 heavy (non-hydrogen) atoms. The standard InChI is InChI=1S/C16H19F6N/c1-2-14-5-3-4-6-23(14)10-11-7-12(15(17,18)19)9-13(8-11)16(20,21)22/h7-9,14H,2-6,10H2,1H3. The van der Waals surface area contributed by atoms with E-state index in [4.69, 9.17) is 0 Å². The van der Waals surface area contributed by atoms with Crippen LogP contribution in [0.25, 0.3) is 0 Å². The Morgan fingerprint density at radius 3 is 2.00 bits per heavy atom. The second kappa shape index (κ2) is 6.71. The van der Waals surface area contributed by atoms with Crippen molar-refractivity contribution in [2.75, 3.05) is 6.54 Å². The van der Waals surface area contributed by atoms with Gasteiger partial charge in [-0.2, -0.15) is 26.3 Å². The Bertz CT molecular complexity index is 502. The molecule has 1 unspecified atom stereocenters. The van der Waals surface area contributed by atoms with E-state index in [9.17, 15) is 26.3 Å². The average Bonchev–Trinajstić information content (AvgIpc) is 2.45. The number of alkyl halides is 6. The van der Waals surface area contributed by atoms with Crippen LogP contribution in [-0.4, -0.2) is 17.5 Å². The molecule has 1 aromatic carbocycles. The topological polar surface area (TPSA) is 3.24 Å². The monoisotopic (exact) mass is 339 g/mol. The van der Waals surface area contributed by atoms with Crippen LogP contribution in [0.1, 0.15) is 49.3 Å². The van der Waals surface area contributed by atoms with Crippen LogP contribution >= 0.6 is 0 Å². The maximum Gasteiger partial charge on any atom is 0.416 e. The molecule has 0 aliphatic carbocycles. The average molecular weight is 339 g/mol. The van der Waals surface area contributed by atoms with Gasteiger partial charge in [0.1, 0.15) is 0 Å². The van der Waals surface area contributed by atoms with Gasteiger partial charge in [-0.3, -0.25) is 4.90 Å². The normalized spacial score (nSPS) is 20.7. The van der Waals surface area contributed by atoms with Crippen LogP contribution < -0.4 is 0 Å². The number of halogens is 6. The molecule has 0 bridgehead atoms. The minimum absolute atomic E-state index is 0.0625. The molecule has 1 heterocycles. The third kappa shape index (κ3) is 4.62. The molecule has 0 saturated carbocycles. The van der Waals surface area contributed by atoms with Crippen LogP contribution in [0.3, 0.4) is 0 Å². The number of likely N-dealkylation sites (tertiary alicyclic amines) is 1. The van der Waals surface area contributed by atoms with Gasteiger partial charge in [-0.15, -0.1) is 0 Å². The van der Waals surface area contributed by atoms with Crippen molar-refractivity contribution >= 4 is 0 Å². The first-order valence-electron chi connectivity index (χ1n) is 7.63. The van der Waals surface area contributed by atoms with Gasteiger partial charge in [0.25, 0.3) is 0 Å². The lowest BCUT2D eigenvalue weighted by atomic mass is 9.98. The molecule has 0 radical (unpaired) electrons. The summed E-state index contributed by atoms with van der Waals surface area (Å²) < 4.78 is 77.3. The highest BCUT2D eigenvalue weighted by molar-refractivity contribution is 5.33. The van der Waals surface area contributed by atoms with Crippen molar-refractivity contribution in [1.82, 2.24) is 4.90 Å². The number of nitrogens with zero attached hydrogens (tertiary/aromatic N) is 1. The van der Waals surface area contributed by atoms with E-state index in [2.05, 4.69) is 0 Å². The molecule has 1 aliphatic heterocycles. The van der Waals surface area contributed by atoms with Crippen molar-refractivity contribution in [2.45, 2.75) is 57.5 Å². The lowest BCUT2D eigenvalue weighted by Crippen LogP contribution is -2.38. The fourth-order valence-corrected chi connectivity index (χ4v) is 3.08. The summed E-state index contributed by atoms with van der Waals surface area (Å²) in [6, 6.07) is 2.05. The van der Waals surface area contributed by atoms with Crippen molar-refractivity contribution in [2.24, 2.45) is 0 Å². The van der Waals surface area contributed by atoms with E-state index in [-0.39, 0.29) is 24.2 Å². The van der Waals surface area contributed by atoms with Crippen LogP contribution in [0.4, 0.5) is 26.3 Å². The van der Waals surface area contributed by atoms with Gasteiger partial charge in [-0.1, -0.05) is 13.3 Å². The first-order valence-corrected chi connectivity index (χ1v) is 7.63. The quantitative estimate of drug-likeness (QED) is 0.658. The van der Waals surface area contributed by atoms with Gasteiger partial charge in [0.15, 0.2) is 0 Å². The van der Waals surface area contributed by atoms with Gasteiger partial charge in [0.05, 0.1) is 11.1 Å². The zero-order valence-corrected chi connectivity index (χ0v) is 12.8. The lowest BCUT2D eigenvalue weighted by molar-refractivity contribution is -0.143. The Hall–Kier alpha value is -1.24. The van der Waals surface area contributed by atoms with Crippen molar-refractivity contribution in [1.29, 1.82) is 0 Å².